The number of aromatic nitrogens is 2. The maximum absolute atomic E-state index is 13.3. The van der Waals surface area contributed by atoms with Gasteiger partial charge in [0.1, 0.15) is 25.0 Å². The van der Waals surface area contributed by atoms with E-state index in [0.29, 0.717) is 29.4 Å². The Morgan fingerprint density at radius 2 is 1.59 bits per heavy atom. The van der Waals surface area contributed by atoms with Gasteiger partial charge in [-0.05, 0) is 47.0 Å². The van der Waals surface area contributed by atoms with Crippen LogP contribution in [0.4, 0.5) is 10.5 Å². The van der Waals surface area contributed by atoms with E-state index in [2.05, 4.69) is 20.6 Å². The van der Waals surface area contributed by atoms with Crippen LogP contribution in [0.2, 0.25) is 0 Å². The van der Waals surface area contributed by atoms with Gasteiger partial charge < -0.3 is 25.8 Å². The molecule has 4 N–H and O–H groups in total. The van der Waals surface area contributed by atoms with Crippen LogP contribution in [0.3, 0.4) is 0 Å². The summed E-state index contributed by atoms with van der Waals surface area (Å²) < 4.78 is 11.2. The Kier molecular flexibility index (Phi) is 8.77. The standard InChI is InChI=1S/C28H27N5O4/c29-17-21-9-4-11-23(15-21)32-27(34)26(33-28(35)37-18-20-7-2-1-3-8-20)22-10-5-12-24(16-22)36-19-25-30-13-6-14-31-25/h1-16,26H,17-19,29H2,(H,32,34)(H,33,35)/t26-/m1/s1. The lowest BCUT2D eigenvalue weighted by Crippen LogP contribution is -2.37. The molecule has 0 aliphatic rings. The summed E-state index contributed by atoms with van der Waals surface area (Å²) in [5, 5.41) is 5.52. The minimum atomic E-state index is -1.05. The predicted molar refractivity (Wildman–Crippen MR) is 138 cm³/mol. The van der Waals surface area contributed by atoms with Gasteiger partial charge in [-0.25, -0.2) is 14.8 Å². The first-order valence-electron chi connectivity index (χ1n) is 11.7. The van der Waals surface area contributed by atoms with Crippen LogP contribution in [0.15, 0.2) is 97.3 Å². The van der Waals surface area contributed by atoms with Crippen molar-refractivity contribution < 1.29 is 19.1 Å². The molecule has 0 unspecified atom stereocenters. The van der Waals surface area contributed by atoms with Gasteiger partial charge in [-0.1, -0.05) is 54.6 Å². The Morgan fingerprint density at radius 3 is 2.38 bits per heavy atom. The second-order valence-corrected chi connectivity index (χ2v) is 8.06. The van der Waals surface area contributed by atoms with Crippen molar-refractivity contribution in [1.29, 1.82) is 0 Å². The monoisotopic (exact) mass is 497 g/mol. The van der Waals surface area contributed by atoms with Crippen molar-refractivity contribution in [2.24, 2.45) is 5.73 Å². The molecule has 0 radical (unpaired) electrons. The number of ether oxygens (including phenoxy) is 2. The Morgan fingerprint density at radius 1 is 0.838 bits per heavy atom. The minimum absolute atomic E-state index is 0.0692. The number of anilines is 1. The molecule has 3 aromatic carbocycles. The largest absolute Gasteiger partial charge is 0.486 e. The van der Waals surface area contributed by atoms with Gasteiger partial charge in [-0.15, -0.1) is 0 Å². The summed E-state index contributed by atoms with van der Waals surface area (Å²) in [5.41, 5.74) is 8.49. The molecular weight excluding hydrogens is 470 g/mol. The van der Waals surface area contributed by atoms with Crippen molar-refractivity contribution in [2.45, 2.75) is 25.8 Å². The number of alkyl carbamates (subject to hydrolysis) is 1. The molecule has 0 bridgehead atoms. The zero-order valence-electron chi connectivity index (χ0n) is 20.0. The molecule has 188 valence electrons. The topological polar surface area (TPSA) is 128 Å². The number of nitrogens with two attached hydrogens (primary N) is 1. The zero-order chi connectivity index (χ0) is 25.9. The van der Waals surface area contributed by atoms with Crippen LogP contribution in [0, 0.1) is 0 Å². The van der Waals surface area contributed by atoms with Crippen LogP contribution in [0.25, 0.3) is 0 Å². The van der Waals surface area contributed by atoms with Crippen LogP contribution in [0.1, 0.15) is 28.6 Å². The summed E-state index contributed by atoms with van der Waals surface area (Å²) in [7, 11) is 0. The highest BCUT2D eigenvalue weighted by Crippen LogP contribution is 2.22. The molecule has 1 atom stereocenters. The highest BCUT2D eigenvalue weighted by atomic mass is 16.5. The number of hydrogen-bond acceptors (Lipinski definition) is 7. The van der Waals surface area contributed by atoms with E-state index in [-0.39, 0.29) is 13.2 Å². The molecule has 0 saturated heterocycles. The van der Waals surface area contributed by atoms with Crippen molar-refractivity contribution in [1.82, 2.24) is 15.3 Å². The SMILES string of the molecule is NCc1cccc(NC(=O)[C@H](NC(=O)OCc2ccccc2)c2cccc(OCc3ncccn3)c2)c1. The van der Waals surface area contributed by atoms with E-state index in [1.165, 1.54) is 0 Å². The molecule has 0 aliphatic heterocycles. The molecule has 2 amide bonds. The minimum Gasteiger partial charge on any atom is -0.486 e. The molecule has 0 saturated carbocycles. The van der Waals surface area contributed by atoms with Gasteiger partial charge in [0.25, 0.3) is 5.91 Å². The molecule has 4 aromatic rings. The fourth-order valence-electron chi connectivity index (χ4n) is 3.51. The van der Waals surface area contributed by atoms with Crippen LogP contribution in [-0.2, 0) is 29.3 Å². The number of nitrogens with zero attached hydrogens (tertiary/aromatic N) is 2. The van der Waals surface area contributed by atoms with Crippen molar-refractivity contribution >= 4 is 17.7 Å². The highest BCUT2D eigenvalue weighted by Gasteiger charge is 2.24. The molecule has 0 fully saturated rings. The van der Waals surface area contributed by atoms with Gasteiger partial charge in [0, 0.05) is 24.6 Å². The van der Waals surface area contributed by atoms with Crippen LogP contribution >= 0.6 is 0 Å². The molecule has 4 rings (SSSR count). The fraction of sp³-hybridized carbons (Fsp3) is 0.143. The van der Waals surface area contributed by atoms with E-state index < -0.39 is 18.0 Å². The number of nitrogens with one attached hydrogen (secondary N) is 2. The van der Waals surface area contributed by atoms with Gasteiger partial charge in [-0.2, -0.15) is 0 Å². The summed E-state index contributed by atoms with van der Waals surface area (Å²) >= 11 is 0. The van der Waals surface area contributed by atoms with Crippen LogP contribution in [0.5, 0.6) is 5.75 Å². The lowest BCUT2D eigenvalue weighted by molar-refractivity contribution is -0.118. The maximum atomic E-state index is 13.3. The van der Waals surface area contributed by atoms with E-state index in [0.717, 1.165) is 11.1 Å². The summed E-state index contributed by atoms with van der Waals surface area (Å²) in [4.78, 5) is 34.3. The molecule has 9 heteroatoms. The summed E-state index contributed by atoms with van der Waals surface area (Å²) in [6.45, 7) is 0.557. The second kappa shape index (κ2) is 12.8. The van der Waals surface area contributed by atoms with Crippen molar-refractivity contribution in [2.75, 3.05) is 5.32 Å². The highest BCUT2D eigenvalue weighted by molar-refractivity contribution is 5.97. The molecular formula is C28H27N5O4. The molecule has 0 spiro atoms. The average molecular weight is 498 g/mol. The maximum Gasteiger partial charge on any atom is 0.408 e. The quantitative estimate of drug-likeness (QED) is 0.301. The lowest BCUT2D eigenvalue weighted by atomic mass is 10.1. The van der Waals surface area contributed by atoms with Gasteiger partial charge in [0.15, 0.2) is 5.82 Å². The zero-order valence-corrected chi connectivity index (χ0v) is 20.0. The summed E-state index contributed by atoms with van der Waals surface area (Å²) in [5.74, 6) is 0.561. The first-order chi connectivity index (χ1) is 18.1. The number of rotatable bonds is 10. The third kappa shape index (κ3) is 7.61. The van der Waals surface area contributed by atoms with E-state index in [4.69, 9.17) is 15.2 Å². The number of carbonyl (C=O) groups is 2. The van der Waals surface area contributed by atoms with Gasteiger partial charge >= 0.3 is 6.09 Å². The van der Waals surface area contributed by atoms with Gasteiger partial charge in [-0.3, -0.25) is 4.79 Å². The van der Waals surface area contributed by atoms with Crippen LogP contribution < -0.4 is 21.1 Å². The number of carbonyl (C=O) groups excluding carboxylic acids is 2. The number of hydrogen-bond donors (Lipinski definition) is 3. The molecule has 1 heterocycles. The van der Waals surface area contributed by atoms with E-state index in [9.17, 15) is 9.59 Å². The Hall–Kier alpha value is -4.76. The van der Waals surface area contributed by atoms with Crippen molar-refractivity contribution in [3.05, 3.63) is 120 Å². The summed E-state index contributed by atoms with van der Waals surface area (Å²) in [6, 6.07) is 24.0. The van der Waals surface area contributed by atoms with Gasteiger partial charge in [0.2, 0.25) is 0 Å². The fourth-order valence-corrected chi connectivity index (χ4v) is 3.51. The smallest absolute Gasteiger partial charge is 0.408 e. The Labute approximate surface area is 214 Å². The average Bonchev–Trinajstić information content (AvgIpc) is 2.95. The lowest BCUT2D eigenvalue weighted by Gasteiger charge is -2.20. The Balaban J connectivity index is 1.51. The second-order valence-electron chi connectivity index (χ2n) is 8.06. The Bertz CT molecular complexity index is 1320. The third-order valence-corrected chi connectivity index (χ3v) is 5.35. The summed E-state index contributed by atoms with van der Waals surface area (Å²) in [6.07, 6.45) is 2.53. The van der Waals surface area contributed by atoms with Crippen LogP contribution in [-0.4, -0.2) is 22.0 Å². The van der Waals surface area contributed by atoms with E-state index >= 15 is 0 Å². The number of amides is 2. The first kappa shape index (κ1) is 25.3. The van der Waals surface area contributed by atoms with Gasteiger partial charge in [0.05, 0.1) is 0 Å². The molecule has 1 aromatic heterocycles. The predicted octanol–water partition coefficient (Wildman–Crippen LogP) is 4.12. The molecule has 0 aliphatic carbocycles. The first-order valence-corrected chi connectivity index (χ1v) is 11.7. The third-order valence-electron chi connectivity index (χ3n) is 5.35. The van der Waals surface area contributed by atoms with Crippen molar-refractivity contribution in [3.63, 3.8) is 0 Å². The number of benzene rings is 3. The molecule has 9 nitrogen and oxygen atoms in total. The normalized spacial score (nSPS) is 11.3. The molecule has 37 heavy (non-hydrogen) atoms. The van der Waals surface area contributed by atoms with E-state index in [1.807, 2.05) is 36.4 Å². The van der Waals surface area contributed by atoms with E-state index in [1.54, 1.807) is 60.9 Å². The van der Waals surface area contributed by atoms with Crippen molar-refractivity contribution in [3.8, 4) is 5.75 Å².